The molecule has 1 atom stereocenters. The highest BCUT2D eigenvalue weighted by atomic mass is 16.5. The van der Waals surface area contributed by atoms with Crippen molar-refractivity contribution < 1.29 is 19.4 Å². The molecule has 4 heteroatoms. The van der Waals surface area contributed by atoms with Crippen LogP contribution < -0.4 is 0 Å². The van der Waals surface area contributed by atoms with Gasteiger partial charge in [0.2, 0.25) is 0 Å². The van der Waals surface area contributed by atoms with Gasteiger partial charge in [-0.25, -0.2) is 0 Å². The molecule has 0 radical (unpaired) electrons. The number of carboxylic acids is 1. The van der Waals surface area contributed by atoms with E-state index in [9.17, 15) is 9.59 Å². The molecule has 1 aliphatic carbocycles. The van der Waals surface area contributed by atoms with E-state index in [1.165, 1.54) is 25.7 Å². The Morgan fingerprint density at radius 1 is 0.885 bits per heavy atom. The minimum Gasteiger partial charge on any atom is -0.481 e. The average molecular weight is 369 g/mol. The van der Waals surface area contributed by atoms with E-state index in [0.29, 0.717) is 25.7 Å². The number of carbonyl (C=O) groups excluding carboxylic acids is 1. The Hall–Kier alpha value is -1.06. The number of carbonyl (C=O) groups is 2. The van der Waals surface area contributed by atoms with Crippen molar-refractivity contribution in [1.82, 2.24) is 0 Å². The normalized spacial score (nSPS) is 21.5. The van der Waals surface area contributed by atoms with Crippen LogP contribution in [0.4, 0.5) is 0 Å². The molecule has 0 spiro atoms. The van der Waals surface area contributed by atoms with Crippen molar-refractivity contribution in [2.45, 2.75) is 110 Å². The predicted octanol–water partition coefficient (Wildman–Crippen LogP) is 5.98. The van der Waals surface area contributed by atoms with Gasteiger partial charge < -0.3 is 9.84 Å². The number of hydrogen-bond donors (Lipinski definition) is 1. The van der Waals surface area contributed by atoms with Crippen molar-refractivity contribution in [3.8, 4) is 0 Å². The SMILES string of the molecule is CCCCC(CCCCCCC(C)C)OC(=O)C1CCC(C(=O)O)CC1. The van der Waals surface area contributed by atoms with Crippen LogP contribution in [0, 0.1) is 17.8 Å². The van der Waals surface area contributed by atoms with Gasteiger partial charge in [-0.3, -0.25) is 9.59 Å². The molecule has 1 rings (SSSR count). The summed E-state index contributed by atoms with van der Waals surface area (Å²) in [6, 6.07) is 0. The van der Waals surface area contributed by atoms with E-state index in [0.717, 1.165) is 38.0 Å². The summed E-state index contributed by atoms with van der Waals surface area (Å²) < 4.78 is 5.85. The predicted molar refractivity (Wildman–Crippen MR) is 105 cm³/mol. The standard InChI is InChI=1S/C22H40O4/c1-4-5-11-20(12-9-7-6-8-10-17(2)3)26-22(25)19-15-13-18(14-16-19)21(23)24/h17-20H,4-16H2,1-3H3,(H,23,24). The Balaban J connectivity index is 2.31. The summed E-state index contributed by atoms with van der Waals surface area (Å²) in [5.74, 6) is -0.407. The second-order valence-electron chi connectivity index (χ2n) is 8.47. The van der Waals surface area contributed by atoms with Crippen molar-refractivity contribution in [2.24, 2.45) is 17.8 Å². The highest BCUT2D eigenvalue weighted by Gasteiger charge is 2.31. The summed E-state index contributed by atoms with van der Waals surface area (Å²) in [5, 5.41) is 9.08. The second-order valence-corrected chi connectivity index (χ2v) is 8.47. The summed E-state index contributed by atoms with van der Waals surface area (Å²) >= 11 is 0. The molecule has 152 valence electrons. The molecule has 0 amide bonds. The quantitative estimate of drug-likeness (QED) is 0.321. The Kier molecular flexibility index (Phi) is 11.6. The topological polar surface area (TPSA) is 63.6 Å². The van der Waals surface area contributed by atoms with Gasteiger partial charge >= 0.3 is 11.9 Å². The molecule has 0 aromatic heterocycles. The fourth-order valence-electron chi connectivity index (χ4n) is 3.81. The fraction of sp³-hybridized carbons (Fsp3) is 0.909. The molecule has 1 aliphatic rings. The molecule has 0 heterocycles. The van der Waals surface area contributed by atoms with Crippen LogP contribution in [-0.2, 0) is 14.3 Å². The number of carboxylic acid groups (broad SMARTS) is 1. The monoisotopic (exact) mass is 368 g/mol. The van der Waals surface area contributed by atoms with E-state index in [-0.39, 0.29) is 23.9 Å². The number of hydrogen-bond acceptors (Lipinski definition) is 3. The lowest BCUT2D eigenvalue weighted by atomic mass is 9.82. The number of unbranched alkanes of at least 4 members (excludes halogenated alkanes) is 4. The van der Waals surface area contributed by atoms with E-state index in [4.69, 9.17) is 9.84 Å². The Labute approximate surface area is 160 Å². The second kappa shape index (κ2) is 13.2. The summed E-state index contributed by atoms with van der Waals surface area (Å²) in [7, 11) is 0. The summed E-state index contributed by atoms with van der Waals surface area (Å²) in [4.78, 5) is 23.5. The maximum atomic E-state index is 12.5. The van der Waals surface area contributed by atoms with Gasteiger partial charge in [0.1, 0.15) is 6.10 Å². The zero-order valence-corrected chi connectivity index (χ0v) is 17.2. The van der Waals surface area contributed by atoms with Crippen LogP contribution in [0.3, 0.4) is 0 Å². The largest absolute Gasteiger partial charge is 0.481 e. The van der Waals surface area contributed by atoms with E-state index >= 15 is 0 Å². The third-order valence-corrected chi connectivity index (χ3v) is 5.63. The van der Waals surface area contributed by atoms with Crippen molar-refractivity contribution in [3.63, 3.8) is 0 Å². The molecular formula is C22H40O4. The van der Waals surface area contributed by atoms with Crippen LogP contribution in [-0.4, -0.2) is 23.1 Å². The highest BCUT2D eigenvalue weighted by Crippen LogP contribution is 2.30. The van der Waals surface area contributed by atoms with Crippen molar-refractivity contribution >= 4 is 11.9 Å². The van der Waals surface area contributed by atoms with Crippen molar-refractivity contribution in [2.75, 3.05) is 0 Å². The Morgan fingerprint density at radius 2 is 1.42 bits per heavy atom. The molecule has 1 fully saturated rings. The molecule has 0 bridgehead atoms. The van der Waals surface area contributed by atoms with Gasteiger partial charge in [-0.1, -0.05) is 59.3 Å². The molecule has 0 aromatic rings. The van der Waals surface area contributed by atoms with Crippen LogP contribution in [0.1, 0.15) is 104 Å². The van der Waals surface area contributed by atoms with Crippen LogP contribution >= 0.6 is 0 Å². The van der Waals surface area contributed by atoms with Gasteiger partial charge in [0.15, 0.2) is 0 Å². The van der Waals surface area contributed by atoms with Gasteiger partial charge in [0, 0.05) is 0 Å². The van der Waals surface area contributed by atoms with E-state index in [1.54, 1.807) is 0 Å². The van der Waals surface area contributed by atoms with Gasteiger partial charge in [-0.2, -0.15) is 0 Å². The van der Waals surface area contributed by atoms with E-state index in [1.807, 2.05) is 0 Å². The summed E-state index contributed by atoms with van der Waals surface area (Å²) in [6.45, 7) is 6.70. The fourth-order valence-corrected chi connectivity index (χ4v) is 3.81. The van der Waals surface area contributed by atoms with Crippen molar-refractivity contribution in [1.29, 1.82) is 0 Å². The Morgan fingerprint density at radius 3 is 1.96 bits per heavy atom. The number of rotatable bonds is 13. The molecule has 1 N–H and O–H groups in total. The first kappa shape index (κ1) is 23.0. The first-order valence-electron chi connectivity index (χ1n) is 10.9. The van der Waals surface area contributed by atoms with Crippen molar-refractivity contribution in [3.05, 3.63) is 0 Å². The highest BCUT2D eigenvalue weighted by molar-refractivity contribution is 5.74. The van der Waals surface area contributed by atoms with Crippen LogP contribution in [0.15, 0.2) is 0 Å². The van der Waals surface area contributed by atoms with E-state index < -0.39 is 5.97 Å². The molecule has 1 unspecified atom stereocenters. The molecule has 1 saturated carbocycles. The first-order valence-corrected chi connectivity index (χ1v) is 10.9. The summed E-state index contributed by atoms with van der Waals surface area (Å²) in [6.07, 6.45) is 12.9. The molecule has 26 heavy (non-hydrogen) atoms. The van der Waals surface area contributed by atoms with Gasteiger partial charge in [-0.15, -0.1) is 0 Å². The smallest absolute Gasteiger partial charge is 0.309 e. The lowest BCUT2D eigenvalue weighted by Crippen LogP contribution is -2.29. The average Bonchev–Trinajstić information content (AvgIpc) is 2.61. The molecule has 0 aromatic carbocycles. The van der Waals surface area contributed by atoms with Gasteiger partial charge in [0.05, 0.1) is 11.8 Å². The molecule has 4 nitrogen and oxygen atoms in total. The number of ether oxygens (including phenoxy) is 1. The zero-order chi connectivity index (χ0) is 19.4. The lowest BCUT2D eigenvalue weighted by Gasteiger charge is -2.27. The van der Waals surface area contributed by atoms with Gasteiger partial charge in [0.25, 0.3) is 0 Å². The maximum absolute atomic E-state index is 12.5. The molecule has 0 aliphatic heterocycles. The van der Waals surface area contributed by atoms with Crippen LogP contribution in [0.25, 0.3) is 0 Å². The number of aliphatic carboxylic acids is 1. The lowest BCUT2D eigenvalue weighted by molar-refractivity contribution is -0.158. The first-order chi connectivity index (χ1) is 12.4. The van der Waals surface area contributed by atoms with E-state index in [2.05, 4.69) is 20.8 Å². The maximum Gasteiger partial charge on any atom is 0.309 e. The third kappa shape index (κ3) is 9.59. The van der Waals surface area contributed by atoms with Crippen LogP contribution in [0.2, 0.25) is 0 Å². The zero-order valence-electron chi connectivity index (χ0n) is 17.2. The summed E-state index contributed by atoms with van der Waals surface area (Å²) in [5.41, 5.74) is 0. The minimum absolute atomic E-state index is 0.0461. The third-order valence-electron chi connectivity index (χ3n) is 5.63. The minimum atomic E-state index is -0.727. The molecule has 0 saturated heterocycles. The molecular weight excluding hydrogens is 328 g/mol. The number of esters is 1. The Bertz CT molecular complexity index is 397. The van der Waals surface area contributed by atoms with Crippen LogP contribution in [0.5, 0.6) is 0 Å². The van der Waals surface area contributed by atoms with Gasteiger partial charge in [-0.05, 0) is 50.9 Å².